The van der Waals surface area contributed by atoms with Crippen molar-refractivity contribution in [3.05, 3.63) is 64.6 Å². The molecule has 2 aromatic rings. The topological polar surface area (TPSA) is 35.9 Å². The van der Waals surface area contributed by atoms with Crippen LogP contribution in [0.25, 0.3) is 0 Å². The predicted octanol–water partition coefficient (Wildman–Crippen LogP) is 6.49. The standard InChI is InChI=1S/C24H28BrN3OS.ClH/c1-18(29)28(22-14-12-20(25)13-15-22)23-17-30-24(26-21-10-6-3-7-11-21)27(23)16-19-8-4-2-5-9-19;/h2,4-5,8-9,12-15,21,23H,3,6-7,10-11,16-17H2,1H3;1H. The van der Waals surface area contributed by atoms with Gasteiger partial charge in [0.1, 0.15) is 6.17 Å². The van der Waals surface area contributed by atoms with Crippen molar-refractivity contribution < 1.29 is 4.79 Å². The van der Waals surface area contributed by atoms with Crippen LogP contribution < -0.4 is 4.90 Å². The molecule has 1 saturated heterocycles. The van der Waals surface area contributed by atoms with Crippen molar-refractivity contribution in [3.63, 3.8) is 0 Å². The first-order valence-electron chi connectivity index (χ1n) is 10.7. The first kappa shape index (κ1) is 24.1. The zero-order valence-electron chi connectivity index (χ0n) is 17.7. The largest absolute Gasteiger partial charge is 0.325 e. The highest BCUT2D eigenvalue weighted by Crippen LogP contribution is 2.33. The van der Waals surface area contributed by atoms with Crippen LogP contribution in [-0.4, -0.2) is 33.9 Å². The van der Waals surface area contributed by atoms with E-state index in [0.717, 1.165) is 27.6 Å². The fourth-order valence-corrected chi connectivity index (χ4v) is 5.73. The fraction of sp³-hybridized carbons (Fsp3) is 0.417. The van der Waals surface area contributed by atoms with Crippen molar-refractivity contribution in [2.24, 2.45) is 4.99 Å². The Kier molecular flexibility index (Phi) is 8.87. The molecule has 2 aliphatic rings. The van der Waals surface area contributed by atoms with E-state index in [1.165, 1.54) is 37.7 Å². The third kappa shape index (κ3) is 6.05. The van der Waals surface area contributed by atoms with Gasteiger partial charge in [0, 0.05) is 29.4 Å². The molecule has 0 aromatic heterocycles. The van der Waals surface area contributed by atoms with E-state index in [4.69, 9.17) is 4.99 Å². The molecule has 1 aliphatic carbocycles. The summed E-state index contributed by atoms with van der Waals surface area (Å²) in [6.07, 6.45) is 6.18. The SMILES string of the molecule is CC(=O)N(c1ccc(Br)cc1)C1CSC(=NC2CCCCC2)N1Cc1ccccc1.Cl. The van der Waals surface area contributed by atoms with Gasteiger partial charge >= 0.3 is 0 Å². The average Bonchev–Trinajstić information content (AvgIpc) is 3.12. The van der Waals surface area contributed by atoms with Crippen molar-refractivity contribution in [1.82, 2.24) is 4.90 Å². The third-order valence-corrected chi connectivity index (χ3v) is 7.36. The van der Waals surface area contributed by atoms with E-state index >= 15 is 0 Å². The summed E-state index contributed by atoms with van der Waals surface area (Å²) in [7, 11) is 0. The van der Waals surface area contributed by atoms with Crippen LogP contribution in [0.1, 0.15) is 44.6 Å². The van der Waals surface area contributed by atoms with Gasteiger partial charge in [-0.05, 0) is 42.7 Å². The zero-order valence-corrected chi connectivity index (χ0v) is 21.0. The Bertz CT molecular complexity index is 887. The van der Waals surface area contributed by atoms with Crippen molar-refractivity contribution in [3.8, 4) is 0 Å². The lowest BCUT2D eigenvalue weighted by Crippen LogP contribution is -2.49. The van der Waals surface area contributed by atoms with Crippen molar-refractivity contribution in [1.29, 1.82) is 0 Å². The van der Waals surface area contributed by atoms with Crippen LogP contribution in [0.3, 0.4) is 0 Å². The van der Waals surface area contributed by atoms with Crippen molar-refractivity contribution in [2.45, 2.75) is 57.8 Å². The van der Waals surface area contributed by atoms with Gasteiger partial charge in [0.15, 0.2) is 5.17 Å². The summed E-state index contributed by atoms with van der Waals surface area (Å²) in [6, 6.07) is 18.9. The second kappa shape index (κ2) is 11.4. The van der Waals surface area contributed by atoms with Gasteiger partial charge in [-0.25, -0.2) is 0 Å². The number of hydrogen-bond acceptors (Lipinski definition) is 3. The minimum Gasteiger partial charge on any atom is -0.325 e. The molecule has 1 saturated carbocycles. The smallest absolute Gasteiger partial charge is 0.225 e. The maximum atomic E-state index is 12.7. The first-order valence-corrected chi connectivity index (χ1v) is 12.5. The molecule has 166 valence electrons. The summed E-state index contributed by atoms with van der Waals surface area (Å²) in [5.74, 6) is 0.883. The quantitative estimate of drug-likeness (QED) is 0.450. The van der Waals surface area contributed by atoms with Gasteiger partial charge in [-0.15, -0.1) is 12.4 Å². The molecule has 1 heterocycles. The number of carbonyl (C=O) groups excluding carboxylic acids is 1. The molecular formula is C24H29BrClN3OS. The van der Waals surface area contributed by atoms with E-state index in [1.807, 2.05) is 35.2 Å². The van der Waals surface area contributed by atoms with Gasteiger partial charge < -0.3 is 4.90 Å². The Balaban J connectivity index is 0.00000272. The number of amidine groups is 1. The Labute approximate surface area is 204 Å². The summed E-state index contributed by atoms with van der Waals surface area (Å²) in [6.45, 7) is 2.41. The highest BCUT2D eigenvalue weighted by Gasteiger charge is 2.37. The molecule has 4 rings (SSSR count). The maximum Gasteiger partial charge on any atom is 0.225 e. The highest BCUT2D eigenvalue weighted by atomic mass is 79.9. The molecule has 0 spiro atoms. The molecule has 0 radical (unpaired) electrons. The Hall–Kier alpha value is -1.50. The lowest BCUT2D eigenvalue weighted by Gasteiger charge is -2.35. The second-order valence-electron chi connectivity index (χ2n) is 7.97. The number of aliphatic imine (C=N–C) groups is 1. The van der Waals surface area contributed by atoms with E-state index in [0.29, 0.717) is 6.04 Å². The molecule has 7 heteroatoms. The lowest BCUT2D eigenvalue weighted by molar-refractivity contribution is -0.117. The van der Waals surface area contributed by atoms with Crippen LogP contribution in [0.15, 0.2) is 64.1 Å². The summed E-state index contributed by atoms with van der Waals surface area (Å²) >= 11 is 5.29. The Morgan fingerprint density at radius 3 is 2.42 bits per heavy atom. The van der Waals surface area contributed by atoms with Crippen LogP contribution in [0.4, 0.5) is 5.69 Å². The summed E-state index contributed by atoms with van der Waals surface area (Å²) in [4.78, 5) is 22.2. The van der Waals surface area contributed by atoms with Gasteiger partial charge in [0.25, 0.3) is 0 Å². The molecule has 1 atom stereocenters. The van der Waals surface area contributed by atoms with Gasteiger partial charge in [-0.2, -0.15) is 0 Å². The van der Waals surface area contributed by atoms with Gasteiger partial charge in [-0.1, -0.05) is 77.3 Å². The minimum absolute atomic E-state index is 0. The number of hydrogen-bond donors (Lipinski definition) is 0. The lowest BCUT2D eigenvalue weighted by atomic mass is 9.96. The first-order chi connectivity index (χ1) is 14.6. The number of amides is 1. The highest BCUT2D eigenvalue weighted by molar-refractivity contribution is 9.10. The normalized spacial score (nSPS) is 20.5. The van der Waals surface area contributed by atoms with Crippen LogP contribution in [0.2, 0.25) is 0 Å². The zero-order chi connectivity index (χ0) is 20.9. The van der Waals surface area contributed by atoms with E-state index < -0.39 is 0 Å². The monoisotopic (exact) mass is 521 g/mol. The number of benzene rings is 2. The minimum atomic E-state index is -0.0452. The van der Waals surface area contributed by atoms with E-state index in [1.54, 1.807) is 18.7 Å². The van der Waals surface area contributed by atoms with Crippen LogP contribution >= 0.6 is 40.1 Å². The Morgan fingerprint density at radius 2 is 1.77 bits per heavy atom. The molecule has 0 N–H and O–H groups in total. The summed E-state index contributed by atoms with van der Waals surface area (Å²) in [5.41, 5.74) is 2.16. The fourth-order valence-electron chi connectivity index (χ4n) is 4.26. The van der Waals surface area contributed by atoms with Gasteiger partial charge in [-0.3, -0.25) is 14.7 Å². The predicted molar refractivity (Wildman–Crippen MR) is 137 cm³/mol. The molecule has 4 nitrogen and oxygen atoms in total. The Morgan fingerprint density at radius 1 is 1.10 bits per heavy atom. The average molecular weight is 523 g/mol. The maximum absolute atomic E-state index is 12.7. The van der Waals surface area contributed by atoms with Crippen molar-refractivity contribution in [2.75, 3.05) is 10.7 Å². The molecule has 1 unspecified atom stereocenters. The number of halogens is 2. The second-order valence-corrected chi connectivity index (χ2v) is 9.88. The molecule has 2 aromatic carbocycles. The van der Waals surface area contributed by atoms with Crippen LogP contribution in [0, 0.1) is 0 Å². The molecule has 1 aliphatic heterocycles. The van der Waals surface area contributed by atoms with E-state index in [2.05, 4.69) is 45.1 Å². The molecular weight excluding hydrogens is 494 g/mol. The summed E-state index contributed by atoms with van der Waals surface area (Å²) in [5, 5.41) is 1.08. The van der Waals surface area contributed by atoms with Crippen LogP contribution in [0.5, 0.6) is 0 Å². The molecule has 1 amide bonds. The summed E-state index contributed by atoms with van der Waals surface area (Å²) < 4.78 is 1.01. The van der Waals surface area contributed by atoms with Crippen molar-refractivity contribution >= 4 is 56.9 Å². The third-order valence-electron chi connectivity index (χ3n) is 5.77. The number of carbonyl (C=O) groups is 1. The number of anilines is 1. The number of nitrogens with zero attached hydrogens (tertiary/aromatic N) is 3. The number of thioether (sulfide) groups is 1. The molecule has 31 heavy (non-hydrogen) atoms. The number of rotatable bonds is 5. The van der Waals surface area contributed by atoms with Gasteiger partial charge in [0.05, 0.1) is 6.04 Å². The molecule has 2 fully saturated rings. The van der Waals surface area contributed by atoms with E-state index in [-0.39, 0.29) is 24.5 Å². The molecule has 0 bridgehead atoms. The van der Waals surface area contributed by atoms with Crippen LogP contribution in [-0.2, 0) is 11.3 Å². The van der Waals surface area contributed by atoms with Gasteiger partial charge in [0.2, 0.25) is 5.91 Å². The van der Waals surface area contributed by atoms with E-state index in [9.17, 15) is 4.79 Å².